The second kappa shape index (κ2) is 4.92. The van der Waals surface area contributed by atoms with Crippen LogP contribution in [0.15, 0.2) is 0 Å². The van der Waals surface area contributed by atoms with E-state index in [-0.39, 0.29) is 6.15 Å². The van der Waals surface area contributed by atoms with Crippen LogP contribution < -0.4 is 6.15 Å². The lowest BCUT2D eigenvalue weighted by molar-refractivity contribution is 0.248. The quantitative estimate of drug-likeness (QED) is 0.487. The molecule has 2 nitrogen and oxygen atoms in total. The average Bonchev–Trinajstić information content (AvgIpc) is 1.38. The van der Waals surface area contributed by atoms with Crippen LogP contribution in [0.4, 0.5) is 0 Å². The lowest BCUT2D eigenvalue weighted by Gasteiger charge is -1.90. The topological polar surface area (TPSA) is 50.7 Å². The van der Waals surface area contributed by atoms with E-state index in [9.17, 15) is 0 Å². The molecule has 0 aliphatic carbocycles. The monoisotopic (exact) mass is 88.1 g/mol. The van der Waals surface area contributed by atoms with Gasteiger partial charge in [-0.3, -0.25) is 0 Å². The van der Waals surface area contributed by atoms with Gasteiger partial charge in [0.05, 0.1) is 0 Å². The van der Waals surface area contributed by atoms with Crippen LogP contribution in [0.2, 0.25) is 0 Å². The minimum absolute atomic E-state index is 0. The van der Waals surface area contributed by atoms with Gasteiger partial charge in [0, 0.05) is 12.8 Å². The molecule has 37 valence electrons. The van der Waals surface area contributed by atoms with Crippen LogP contribution >= 0.6 is 0 Å². The Morgan fingerprint density at radius 3 is 1.67 bits per heavy atom. The van der Waals surface area contributed by atoms with Gasteiger partial charge in [-0.2, -0.15) is 0 Å². The van der Waals surface area contributed by atoms with Crippen molar-refractivity contribution in [3.05, 3.63) is 0 Å². The van der Waals surface area contributed by atoms with Gasteiger partial charge < -0.3 is 5.11 Å². The number of hydrogen-bond acceptors (Lipinski definition) is 1. The highest BCUT2D eigenvalue weighted by atomic mass is 16.3. The lowest BCUT2D eigenvalue weighted by Crippen LogP contribution is -1.90. The molecule has 0 saturated heterocycles. The molecule has 0 aromatic heterocycles. The zero-order chi connectivity index (χ0) is 4.28. The summed E-state index contributed by atoms with van der Waals surface area (Å²) in [6.45, 7) is 4.25. The molecule has 0 aromatic rings. The molecule has 0 fully saturated rings. The Morgan fingerprint density at radius 2 is 1.67 bits per heavy atom. The summed E-state index contributed by atoms with van der Waals surface area (Å²) in [5, 5.41) is 8.14. The van der Waals surface area contributed by atoms with E-state index in [1.54, 1.807) is 0 Å². The van der Waals surface area contributed by atoms with Crippen LogP contribution in [0.1, 0.15) is 13.8 Å². The van der Waals surface area contributed by atoms with E-state index >= 15 is 0 Å². The number of hydrogen-bond donors (Lipinski definition) is 1. The Balaban J connectivity index is 0. The standard InChI is InChI=1S/C4H10O.N/c1-4(2)3-5;/h4-5H,3H2,1-2H3;. The molecule has 0 amide bonds. The molecule has 2 heteroatoms. The van der Waals surface area contributed by atoms with Gasteiger partial charge in [0.2, 0.25) is 0 Å². The molecule has 0 aromatic carbocycles. The fourth-order valence-corrected chi connectivity index (χ4v) is 0. The lowest BCUT2D eigenvalue weighted by atomic mass is 10.2. The van der Waals surface area contributed by atoms with E-state index in [0.29, 0.717) is 12.5 Å². The van der Waals surface area contributed by atoms with E-state index < -0.39 is 0 Å². The predicted octanol–water partition coefficient (Wildman–Crippen LogP) is 0.154. The van der Waals surface area contributed by atoms with Crippen molar-refractivity contribution < 1.29 is 5.11 Å². The van der Waals surface area contributed by atoms with Gasteiger partial charge >= 0.3 is 0 Å². The summed E-state index contributed by atoms with van der Waals surface area (Å²) in [4.78, 5) is 0. The number of aliphatic hydroxyl groups is 1. The molecular weight excluding hydrogens is 78.0 g/mol. The van der Waals surface area contributed by atoms with Crippen LogP contribution in [0, 0.1) is 5.92 Å². The van der Waals surface area contributed by atoms with E-state index in [1.807, 2.05) is 13.8 Å². The number of rotatable bonds is 1. The van der Waals surface area contributed by atoms with Crippen molar-refractivity contribution in [2.75, 3.05) is 6.61 Å². The molecule has 3 radical (unpaired) electrons. The molecule has 0 aliphatic rings. The van der Waals surface area contributed by atoms with Crippen LogP contribution in [0.3, 0.4) is 0 Å². The highest BCUT2D eigenvalue weighted by Crippen LogP contribution is 1.83. The molecule has 6 heavy (non-hydrogen) atoms. The average molecular weight is 88.1 g/mol. The SMILES string of the molecule is CC(C)CO.[N]. The van der Waals surface area contributed by atoms with Crippen molar-refractivity contribution in [2.45, 2.75) is 13.8 Å². The van der Waals surface area contributed by atoms with Gasteiger partial charge in [0.1, 0.15) is 0 Å². The third-order valence-electron chi connectivity index (χ3n) is 0.365. The number of nitrogens with zero attached hydrogens (tertiary/aromatic N) is 1. The van der Waals surface area contributed by atoms with Gasteiger partial charge in [-0.1, -0.05) is 13.8 Å². The predicted molar refractivity (Wildman–Crippen MR) is 24.1 cm³/mol. The molecule has 0 saturated carbocycles. The summed E-state index contributed by atoms with van der Waals surface area (Å²) in [5.74, 6) is 0.440. The van der Waals surface area contributed by atoms with E-state index in [1.165, 1.54) is 0 Å². The smallest absolute Gasteiger partial charge is 0.0453 e. The number of aliphatic hydroxyl groups excluding tert-OH is 1. The fraction of sp³-hybridized carbons (Fsp3) is 1.00. The summed E-state index contributed by atoms with van der Waals surface area (Å²) < 4.78 is 0. The molecular formula is C4H10NO. The van der Waals surface area contributed by atoms with Crippen molar-refractivity contribution in [3.63, 3.8) is 0 Å². The maximum Gasteiger partial charge on any atom is 0.0453 e. The van der Waals surface area contributed by atoms with Crippen LogP contribution in [0.5, 0.6) is 0 Å². The Labute approximate surface area is 38.8 Å². The van der Waals surface area contributed by atoms with E-state index in [4.69, 9.17) is 5.11 Å². The van der Waals surface area contributed by atoms with Gasteiger partial charge in [0.25, 0.3) is 0 Å². The molecule has 0 heterocycles. The first kappa shape index (κ1) is 9.33. The highest BCUT2D eigenvalue weighted by molar-refractivity contribution is 4.32. The minimum Gasteiger partial charge on any atom is -0.396 e. The Bertz CT molecular complexity index is 21.5. The van der Waals surface area contributed by atoms with Gasteiger partial charge in [-0.25, -0.2) is 0 Å². The van der Waals surface area contributed by atoms with Gasteiger partial charge in [-0.15, -0.1) is 0 Å². The van der Waals surface area contributed by atoms with Crippen molar-refractivity contribution >= 4 is 0 Å². The zero-order valence-electron chi connectivity index (χ0n) is 4.18. The first-order valence-electron chi connectivity index (χ1n) is 1.88. The highest BCUT2D eigenvalue weighted by Gasteiger charge is 1.81. The second-order valence-corrected chi connectivity index (χ2v) is 1.58. The maximum atomic E-state index is 8.14. The summed E-state index contributed by atoms with van der Waals surface area (Å²) in [5.41, 5.74) is 0. The molecule has 0 spiro atoms. The molecule has 0 bridgehead atoms. The Kier molecular flexibility index (Phi) is 7.65. The maximum absolute atomic E-state index is 8.14. The van der Waals surface area contributed by atoms with Crippen LogP contribution in [-0.2, 0) is 0 Å². The molecule has 0 aliphatic heterocycles. The largest absolute Gasteiger partial charge is 0.396 e. The summed E-state index contributed by atoms with van der Waals surface area (Å²) in [6, 6.07) is 0. The van der Waals surface area contributed by atoms with Gasteiger partial charge in [0.15, 0.2) is 0 Å². The second-order valence-electron chi connectivity index (χ2n) is 1.58. The van der Waals surface area contributed by atoms with Crippen molar-refractivity contribution in [1.82, 2.24) is 6.15 Å². The Hall–Kier alpha value is -0.0800. The zero-order valence-corrected chi connectivity index (χ0v) is 4.18. The first-order chi connectivity index (χ1) is 2.27. The van der Waals surface area contributed by atoms with Crippen molar-refractivity contribution in [3.8, 4) is 0 Å². The third-order valence-corrected chi connectivity index (χ3v) is 0.365. The fourth-order valence-electron chi connectivity index (χ4n) is 0. The van der Waals surface area contributed by atoms with Crippen LogP contribution in [0.25, 0.3) is 0 Å². The molecule has 0 unspecified atom stereocenters. The van der Waals surface area contributed by atoms with E-state index in [0.717, 1.165) is 0 Å². The molecule has 0 atom stereocenters. The van der Waals surface area contributed by atoms with Crippen LogP contribution in [-0.4, -0.2) is 11.7 Å². The first-order valence-corrected chi connectivity index (χ1v) is 1.88. The normalized spacial score (nSPS) is 8.00. The third kappa shape index (κ3) is 9.07. The van der Waals surface area contributed by atoms with Crippen molar-refractivity contribution in [1.29, 1.82) is 0 Å². The van der Waals surface area contributed by atoms with E-state index in [2.05, 4.69) is 0 Å². The summed E-state index contributed by atoms with van der Waals surface area (Å²) >= 11 is 0. The summed E-state index contributed by atoms with van der Waals surface area (Å²) in [7, 11) is 0. The summed E-state index contributed by atoms with van der Waals surface area (Å²) in [6.07, 6.45) is 0. The Morgan fingerprint density at radius 1 is 1.50 bits per heavy atom. The van der Waals surface area contributed by atoms with Gasteiger partial charge in [-0.05, 0) is 5.92 Å². The molecule has 1 N–H and O–H groups in total. The minimum atomic E-state index is 0. The van der Waals surface area contributed by atoms with Crippen molar-refractivity contribution in [2.24, 2.45) is 5.92 Å². The molecule has 0 rings (SSSR count).